The van der Waals surface area contributed by atoms with Crippen molar-refractivity contribution in [1.82, 2.24) is 15.6 Å². The Balaban J connectivity index is 1.37. The van der Waals surface area contributed by atoms with Crippen LogP contribution in [0.15, 0.2) is 41.0 Å². The van der Waals surface area contributed by atoms with Gasteiger partial charge in [0.2, 0.25) is 11.8 Å². The van der Waals surface area contributed by atoms with Gasteiger partial charge in [-0.15, -0.1) is 11.8 Å². The molecule has 0 saturated carbocycles. The lowest BCUT2D eigenvalue weighted by molar-refractivity contribution is -0.118. The number of nitrogens with one attached hydrogen (secondary N) is 2. The fourth-order valence-electron chi connectivity index (χ4n) is 2.74. The predicted molar refractivity (Wildman–Crippen MR) is 96.7 cm³/mol. The van der Waals surface area contributed by atoms with E-state index in [-0.39, 0.29) is 5.91 Å². The zero-order chi connectivity index (χ0) is 16.6. The molecule has 5 nitrogen and oxygen atoms in total. The molecule has 1 aliphatic rings. The van der Waals surface area contributed by atoms with Crippen molar-refractivity contribution in [2.75, 3.05) is 25.4 Å². The first-order valence-electron chi connectivity index (χ1n) is 8.36. The molecule has 2 heterocycles. The van der Waals surface area contributed by atoms with Crippen LogP contribution in [0.2, 0.25) is 0 Å². The number of hydrogen-bond donors (Lipinski definition) is 2. The average molecular weight is 345 g/mol. The third kappa shape index (κ3) is 5.11. The fraction of sp³-hybridized carbons (Fsp3) is 0.444. The van der Waals surface area contributed by atoms with E-state index in [4.69, 9.17) is 4.42 Å². The lowest BCUT2D eigenvalue weighted by Crippen LogP contribution is -2.38. The second-order valence-electron chi connectivity index (χ2n) is 6.02. The molecular weight excluding hydrogens is 322 g/mol. The Kier molecular flexibility index (Phi) is 6.32. The molecule has 0 radical (unpaired) electrons. The summed E-state index contributed by atoms with van der Waals surface area (Å²) in [6.07, 6.45) is 4.06. The molecule has 0 aliphatic carbocycles. The number of benzene rings is 1. The number of carbonyl (C=O) groups excluding carboxylic acids is 1. The van der Waals surface area contributed by atoms with Crippen molar-refractivity contribution in [3.63, 3.8) is 0 Å². The Labute approximate surface area is 146 Å². The highest BCUT2D eigenvalue weighted by atomic mass is 32.2. The van der Waals surface area contributed by atoms with Crippen molar-refractivity contribution in [2.45, 2.75) is 18.6 Å². The third-order valence-corrected chi connectivity index (χ3v) is 5.01. The summed E-state index contributed by atoms with van der Waals surface area (Å²) < 4.78 is 5.50. The van der Waals surface area contributed by atoms with E-state index in [1.54, 1.807) is 18.0 Å². The molecule has 1 saturated heterocycles. The highest BCUT2D eigenvalue weighted by molar-refractivity contribution is 7.99. The Bertz CT molecular complexity index is 639. The molecule has 1 amide bonds. The van der Waals surface area contributed by atoms with Crippen LogP contribution >= 0.6 is 11.8 Å². The summed E-state index contributed by atoms with van der Waals surface area (Å²) >= 11 is 1.56. The molecule has 1 fully saturated rings. The van der Waals surface area contributed by atoms with Crippen molar-refractivity contribution in [2.24, 2.45) is 5.92 Å². The van der Waals surface area contributed by atoms with Crippen molar-refractivity contribution < 1.29 is 9.21 Å². The minimum atomic E-state index is 0.0948. The Hall–Kier alpha value is -1.79. The molecule has 2 N–H and O–H groups in total. The summed E-state index contributed by atoms with van der Waals surface area (Å²) in [4.78, 5) is 16.4. The molecule has 0 bridgehead atoms. The summed E-state index contributed by atoms with van der Waals surface area (Å²) in [6.45, 7) is 2.88. The fourth-order valence-corrected chi connectivity index (χ4v) is 3.47. The van der Waals surface area contributed by atoms with Crippen LogP contribution in [0.4, 0.5) is 0 Å². The first-order valence-corrected chi connectivity index (χ1v) is 9.52. The molecule has 6 heteroatoms. The second kappa shape index (κ2) is 8.89. The van der Waals surface area contributed by atoms with Crippen LogP contribution in [0, 0.1) is 5.92 Å². The third-order valence-electron chi connectivity index (χ3n) is 4.04. The molecule has 1 aromatic heterocycles. The normalized spacial score (nSPS) is 17.6. The van der Waals surface area contributed by atoms with Crippen molar-refractivity contribution in [3.8, 4) is 11.5 Å². The zero-order valence-corrected chi connectivity index (χ0v) is 14.5. The maximum atomic E-state index is 11.9. The van der Waals surface area contributed by atoms with E-state index >= 15 is 0 Å². The number of oxazole rings is 1. The monoisotopic (exact) mass is 345 g/mol. The van der Waals surface area contributed by atoms with Crippen LogP contribution in [-0.2, 0) is 10.5 Å². The van der Waals surface area contributed by atoms with Gasteiger partial charge in [0.25, 0.3) is 0 Å². The van der Waals surface area contributed by atoms with Gasteiger partial charge in [0.15, 0.2) is 0 Å². The van der Waals surface area contributed by atoms with Gasteiger partial charge in [0.05, 0.1) is 11.4 Å². The van der Waals surface area contributed by atoms with Gasteiger partial charge in [0.1, 0.15) is 6.26 Å². The van der Waals surface area contributed by atoms with Crippen molar-refractivity contribution in [3.05, 3.63) is 42.3 Å². The minimum absolute atomic E-state index is 0.0948. The molecule has 1 unspecified atom stereocenters. The van der Waals surface area contributed by atoms with E-state index in [9.17, 15) is 4.79 Å². The van der Waals surface area contributed by atoms with Crippen LogP contribution in [0.5, 0.6) is 0 Å². The predicted octanol–water partition coefficient (Wildman–Crippen LogP) is 2.69. The highest BCUT2D eigenvalue weighted by Crippen LogP contribution is 2.20. The first-order chi connectivity index (χ1) is 11.8. The smallest absolute Gasteiger partial charge is 0.230 e. The van der Waals surface area contributed by atoms with Crippen molar-refractivity contribution in [1.29, 1.82) is 0 Å². The number of hydrogen-bond acceptors (Lipinski definition) is 5. The molecule has 0 spiro atoms. The maximum absolute atomic E-state index is 11.9. The number of carbonyl (C=O) groups is 1. The molecule has 3 rings (SSSR count). The van der Waals surface area contributed by atoms with E-state index in [0.29, 0.717) is 23.3 Å². The second-order valence-corrected chi connectivity index (χ2v) is 7.00. The van der Waals surface area contributed by atoms with E-state index in [2.05, 4.69) is 15.6 Å². The van der Waals surface area contributed by atoms with E-state index in [1.165, 1.54) is 12.8 Å². The number of piperidine rings is 1. The molecule has 1 atom stereocenters. The largest absolute Gasteiger partial charge is 0.444 e. The summed E-state index contributed by atoms with van der Waals surface area (Å²) in [5.41, 5.74) is 1.83. The summed E-state index contributed by atoms with van der Waals surface area (Å²) in [6, 6.07) is 9.82. The summed E-state index contributed by atoms with van der Waals surface area (Å²) in [5.74, 6) is 2.41. The number of amides is 1. The van der Waals surface area contributed by atoms with E-state index in [0.717, 1.165) is 30.9 Å². The first kappa shape index (κ1) is 17.0. The standard InChI is InChI=1S/C18H23N3O2S/c22-17(20-10-14-5-4-8-19-9-14)13-24-12-16-11-23-18(21-16)15-6-2-1-3-7-15/h1-3,6-7,11,14,19H,4-5,8-10,12-13H2,(H,20,22). The van der Waals surface area contributed by atoms with Crippen LogP contribution in [0.25, 0.3) is 11.5 Å². The quantitative estimate of drug-likeness (QED) is 0.808. The summed E-state index contributed by atoms with van der Waals surface area (Å²) in [5, 5.41) is 6.39. The van der Waals surface area contributed by atoms with Gasteiger partial charge in [-0.3, -0.25) is 4.79 Å². The van der Waals surface area contributed by atoms with Crippen LogP contribution in [0.3, 0.4) is 0 Å². The zero-order valence-electron chi connectivity index (χ0n) is 13.7. The summed E-state index contributed by atoms with van der Waals surface area (Å²) in [7, 11) is 0. The van der Waals surface area contributed by atoms with Gasteiger partial charge in [-0.2, -0.15) is 0 Å². The van der Waals surface area contributed by atoms with Gasteiger partial charge < -0.3 is 15.1 Å². The Morgan fingerprint density at radius 3 is 3.04 bits per heavy atom. The Morgan fingerprint density at radius 1 is 1.38 bits per heavy atom. The molecule has 24 heavy (non-hydrogen) atoms. The molecule has 128 valence electrons. The number of aromatic nitrogens is 1. The van der Waals surface area contributed by atoms with Crippen molar-refractivity contribution >= 4 is 17.7 Å². The minimum Gasteiger partial charge on any atom is -0.444 e. The van der Waals surface area contributed by atoms with Gasteiger partial charge in [-0.05, 0) is 44.0 Å². The van der Waals surface area contributed by atoms with E-state index < -0.39 is 0 Å². The van der Waals surface area contributed by atoms with Gasteiger partial charge in [0, 0.05) is 17.9 Å². The van der Waals surface area contributed by atoms with Crippen LogP contribution < -0.4 is 10.6 Å². The lowest BCUT2D eigenvalue weighted by atomic mass is 10.00. The van der Waals surface area contributed by atoms with Gasteiger partial charge in [-0.1, -0.05) is 18.2 Å². The van der Waals surface area contributed by atoms with Gasteiger partial charge >= 0.3 is 0 Å². The van der Waals surface area contributed by atoms with E-state index in [1.807, 2.05) is 30.3 Å². The highest BCUT2D eigenvalue weighted by Gasteiger charge is 2.14. The average Bonchev–Trinajstić information content (AvgIpc) is 3.11. The SMILES string of the molecule is O=C(CSCc1coc(-c2ccccc2)n1)NCC1CCCNC1. The van der Waals surface area contributed by atoms with Gasteiger partial charge in [-0.25, -0.2) is 4.98 Å². The number of nitrogens with zero attached hydrogens (tertiary/aromatic N) is 1. The Morgan fingerprint density at radius 2 is 2.25 bits per heavy atom. The molecule has 2 aromatic rings. The lowest BCUT2D eigenvalue weighted by Gasteiger charge is -2.22. The molecular formula is C18H23N3O2S. The topological polar surface area (TPSA) is 67.2 Å². The number of rotatable bonds is 7. The van der Waals surface area contributed by atoms with Crippen LogP contribution in [-0.4, -0.2) is 36.3 Å². The molecule has 1 aromatic carbocycles. The molecule has 1 aliphatic heterocycles. The number of thioether (sulfide) groups is 1. The maximum Gasteiger partial charge on any atom is 0.230 e. The van der Waals surface area contributed by atoms with Crippen LogP contribution in [0.1, 0.15) is 18.5 Å².